The molecule has 10 nitrogen and oxygen atoms in total. The molecule has 3 aromatic heterocycles. The number of nitrogens with zero attached hydrogens (tertiary/aromatic N) is 3. The molecule has 0 spiro atoms. The fraction of sp³-hybridized carbons (Fsp3) is 0.167. The van der Waals surface area contributed by atoms with E-state index >= 15 is 0 Å². The van der Waals surface area contributed by atoms with E-state index in [0.717, 1.165) is 4.68 Å². The molecule has 0 radical (unpaired) electrons. The van der Waals surface area contributed by atoms with E-state index in [1.54, 1.807) is 37.3 Å². The van der Waals surface area contributed by atoms with Crippen LogP contribution in [0.2, 0.25) is 0 Å². The Hall–Kier alpha value is -5.39. The number of nitrogens with one attached hydrogen (secondary N) is 2. The van der Waals surface area contributed by atoms with Crippen LogP contribution >= 0.6 is 0 Å². The Kier molecular flexibility index (Phi) is 8.32. The van der Waals surface area contributed by atoms with Crippen molar-refractivity contribution in [1.82, 2.24) is 25.6 Å². The zero-order valence-electron chi connectivity index (χ0n) is 22.4. The lowest BCUT2D eigenvalue weighted by molar-refractivity contribution is -0.122. The quantitative estimate of drug-likeness (QED) is 0.259. The van der Waals surface area contributed by atoms with E-state index in [9.17, 15) is 23.2 Å². The van der Waals surface area contributed by atoms with E-state index in [1.807, 2.05) is 0 Å². The normalized spacial score (nSPS) is 10.9. The number of carbonyl (C=O) groups excluding carboxylic acids is 2. The minimum Gasteiger partial charge on any atom is -0.463 e. The molecule has 42 heavy (non-hydrogen) atoms. The summed E-state index contributed by atoms with van der Waals surface area (Å²) in [5, 5.41) is 13.7. The van der Waals surface area contributed by atoms with Crippen LogP contribution in [0.25, 0.3) is 22.8 Å². The number of aryl methyl sites for hydroxylation is 1. The summed E-state index contributed by atoms with van der Waals surface area (Å²) in [6.07, 6.45) is 1.00. The highest BCUT2D eigenvalue weighted by Crippen LogP contribution is 2.33. The molecule has 0 atom stereocenters. The van der Waals surface area contributed by atoms with Gasteiger partial charge >= 0.3 is 0 Å². The van der Waals surface area contributed by atoms with Crippen LogP contribution in [0.1, 0.15) is 22.4 Å². The first-order valence-electron chi connectivity index (χ1n) is 12.9. The minimum atomic E-state index is -0.712. The molecule has 2 aromatic carbocycles. The molecule has 2 N–H and O–H groups in total. The Labute approximate surface area is 238 Å². The van der Waals surface area contributed by atoms with Crippen molar-refractivity contribution in [2.75, 3.05) is 0 Å². The number of furan rings is 1. The molecule has 0 aliphatic heterocycles. The van der Waals surface area contributed by atoms with Crippen LogP contribution in [0.3, 0.4) is 0 Å². The van der Waals surface area contributed by atoms with Crippen molar-refractivity contribution in [1.29, 1.82) is 0 Å². The van der Waals surface area contributed by atoms with Crippen LogP contribution in [0.4, 0.5) is 8.78 Å². The summed E-state index contributed by atoms with van der Waals surface area (Å²) < 4.78 is 39.1. The highest BCUT2D eigenvalue weighted by molar-refractivity contribution is 5.85. The Morgan fingerprint density at radius 1 is 0.881 bits per heavy atom. The van der Waals surface area contributed by atoms with Crippen LogP contribution in [0, 0.1) is 18.6 Å². The van der Waals surface area contributed by atoms with Crippen molar-refractivity contribution in [3.63, 3.8) is 0 Å². The zero-order chi connectivity index (χ0) is 29.6. The van der Waals surface area contributed by atoms with Gasteiger partial charge in [0, 0.05) is 24.7 Å². The van der Waals surface area contributed by atoms with E-state index in [0.29, 0.717) is 16.8 Å². The monoisotopic (exact) mass is 573 g/mol. The van der Waals surface area contributed by atoms with E-state index in [1.165, 1.54) is 42.7 Å². The Morgan fingerprint density at radius 3 is 2.12 bits per heavy atom. The molecule has 5 rings (SSSR count). The molecule has 0 fully saturated rings. The molecule has 0 saturated heterocycles. The molecular formula is C30H25F2N5O5. The lowest BCUT2D eigenvalue weighted by Crippen LogP contribution is -2.37. The first-order chi connectivity index (χ1) is 20.3. The summed E-state index contributed by atoms with van der Waals surface area (Å²) in [5.41, 5.74) is 1.21. The first kappa shape index (κ1) is 28.1. The Bertz CT molecular complexity index is 1800. The van der Waals surface area contributed by atoms with Gasteiger partial charge in [0.05, 0.1) is 23.9 Å². The third-order valence-electron chi connectivity index (χ3n) is 6.27. The van der Waals surface area contributed by atoms with Crippen molar-refractivity contribution in [3.8, 4) is 22.8 Å². The van der Waals surface area contributed by atoms with Gasteiger partial charge in [-0.15, -0.1) is 0 Å². The molecule has 12 heteroatoms. The van der Waals surface area contributed by atoms with Crippen molar-refractivity contribution in [2.24, 2.45) is 0 Å². The lowest BCUT2D eigenvalue weighted by atomic mass is 10.0. The number of hydrogen-bond donors (Lipinski definition) is 2. The molecule has 214 valence electrons. The smallest absolute Gasteiger partial charge is 0.271 e. The van der Waals surface area contributed by atoms with E-state index in [4.69, 9.17) is 8.94 Å². The largest absolute Gasteiger partial charge is 0.463 e. The van der Waals surface area contributed by atoms with Gasteiger partial charge in [0.2, 0.25) is 11.8 Å². The summed E-state index contributed by atoms with van der Waals surface area (Å²) >= 11 is 0. The number of benzene rings is 2. The predicted molar refractivity (Wildman–Crippen MR) is 147 cm³/mol. The summed E-state index contributed by atoms with van der Waals surface area (Å²) in [6, 6.07) is 16.3. The third-order valence-corrected chi connectivity index (χ3v) is 6.27. The minimum absolute atomic E-state index is 0.0118. The number of amides is 2. The average Bonchev–Trinajstić information content (AvgIpc) is 3.65. The predicted octanol–water partition coefficient (Wildman–Crippen LogP) is 3.92. The fourth-order valence-corrected chi connectivity index (χ4v) is 4.34. The summed E-state index contributed by atoms with van der Waals surface area (Å²) in [6.45, 7) is 1.26. The second-order valence-electron chi connectivity index (χ2n) is 9.46. The van der Waals surface area contributed by atoms with Crippen molar-refractivity contribution >= 4 is 11.8 Å². The SMILES string of the molecule is Cc1cc(-c2c(-c3ccco3)nn(CC(=O)NCc3cccc(F)c3)c(=O)c2CC(=O)NCc2cccc(F)c2)on1. The molecule has 0 aliphatic carbocycles. The van der Waals surface area contributed by atoms with Crippen LogP contribution in [-0.2, 0) is 35.6 Å². The molecular weight excluding hydrogens is 548 g/mol. The van der Waals surface area contributed by atoms with Gasteiger partial charge in [0.1, 0.15) is 23.9 Å². The summed E-state index contributed by atoms with van der Waals surface area (Å²) in [7, 11) is 0. The average molecular weight is 574 g/mol. The number of carbonyl (C=O) groups is 2. The zero-order valence-corrected chi connectivity index (χ0v) is 22.4. The number of rotatable bonds is 10. The van der Waals surface area contributed by atoms with Gasteiger partial charge in [-0.1, -0.05) is 29.4 Å². The van der Waals surface area contributed by atoms with Gasteiger partial charge in [-0.25, -0.2) is 13.5 Å². The van der Waals surface area contributed by atoms with Gasteiger partial charge < -0.3 is 19.6 Å². The first-order valence-corrected chi connectivity index (χ1v) is 12.9. The molecule has 0 aliphatic rings. The van der Waals surface area contributed by atoms with Crippen LogP contribution < -0.4 is 16.2 Å². The van der Waals surface area contributed by atoms with E-state index in [-0.39, 0.29) is 41.4 Å². The standard InChI is InChI=1S/C30H25F2N5O5/c1-18-11-25(42-36-18)28-23(14-26(38)33-15-19-5-2-7-21(31)12-19)30(40)37(35-29(28)24-9-4-10-41-24)17-27(39)34-16-20-6-3-8-22(32)13-20/h2-13H,14-17H2,1H3,(H,33,38)(H,34,39). The van der Waals surface area contributed by atoms with Gasteiger partial charge in [0.25, 0.3) is 5.56 Å². The lowest BCUT2D eigenvalue weighted by Gasteiger charge is -2.15. The number of aromatic nitrogens is 3. The maximum Gasteiger partial charge on any atom is 0.271 e. The summed E-state index contributed by atoms with van der Waals surface area (Å²) in [5.74, 6) is -1.55. The second kappa shape index (κ2) is 12.4. The van der Waals surface area contributed by atoms with E-state index < -0.39 is 42.0 Å². The number of halogens is 2. The van der Waals surface area contributed by atoms with Crippen LogP contribution in [0.5, 0.6) is 0 Å². The van der Waals surface area contributed by atoms with Gasteiger partial charge in [-0.2, -0.15) is 5.10 Å². The highest BCUT2D eigenvalue weighted by Gasteiger charge is 2.26. The van der Waals surface area contributed by atoms with Crippen LogP contribution in [0.15, 0.2) is 86.7 Å². The Balaban J connectivity index is 1.49. The second-order valence-corrected chi connectivity index (χ2v) is 9.46. The molecule has 5 aromatic rings. The molecule has 2 amide bonds. The molecule has 3 heterocycles. The third kappa shape index (κ3) is 6.66. The fourth-order valence-electron chi connectivity index (χ4n) is 4.34. The number of hydrogen-bond acceptors (Lipinski definition) is 7. The highest BCUT2D eigenvalue weighted by atomic mass is 19.1. The van der Waals surface area contributed by atoms with Crippen molar-refractivity contribution < 1.29 is 27.3 Å². The van der Waals surface area contributed by atoms with Gasteiger partial charge in [-0.05, 0) is 54.4 Å². The topological polar surface area (TPSA) is 132 Å². The maximum absolute atomic E-state index is 13.7. The van der Waals surface area contributed by atoms with Crippen LogP contribution in [-0.4, -0.2) is 26.8 Å². The molecule has 0 unspecified atom stereocenters. The Morgan fingerprint density at radius 2 is 1.55 bits per heavy atom. The van der Waals surface area contributed by atoms with Gasteiger partial charge in [0.15, 0.2) is 11.5 Å². The van der Waals surface area contributed by atoms with E-state index in [2.05, 4.69) is 20.9 Å². The maximum atomic E-state index is 13.7. The van der Waals surface area contributed by atoms with Crippen molar-refractivity contribution in [3.05, 3.63) is 117 Å². The van der Waals surface area contributed by atoms with Crippen molar-refractivity contribution in [2.45, 2.75) is 33.0 Å². The van der Waals surface area contributed by atoms with Gasteiger partial charge in [-0.3, -0.25) is 14.4 Å². The summed E-state index contributed by atoms with van der Waals surface area (Å²) in [4.78, 5) is 39.7. The molecule has 0 bridgehead atoms. The molecule has 0 saturated carbocycles.